The van der Waals surface area contributed by atoms with E-state index in [1.54, 1.807) is 11.3 Å². The van der Waals surface area contributed by atoms with Crippen LogP contribution in [0.15, 0.2) is 54.1 Å². The molecule has 0 spiro atoms. The zero-order valence-electron chi connectivity index (χ0n) is 13.7. The molecule has 0 fully saturated rings. The first-order valence-corrected chi connectivity index (χ1v) is 9.14. The summed E-state index contributed by atoms with van der Waals surface area (Å²) in [7, 11) is 2.09. The SMILES string of the molecule is Cn1cc(C2=CCN(C(=O)Cc3cccs3)CC2)c2ccccc21. The van der Waals surface area contributed by atoms with Gasteiger partial charge in [0.15, 0.2) is 0 Å². The summed E-state index contributed by atoms with van der Waals surface area (Å²) in [6.45, 7) is 1.52. The number of benzene rings is 1. The van der Waals surface area contributed by atoms with Crippen LogP contribution in [0.4, 0.5) is 0 Å². The Bertz CT molecular complexity index is 905. The van der Waals surface area contributed by atoms with Gasteiger partial charge in [-0.25, -0.2) is 0 Å². The van der Waals surface area contributed by atoms with Crippen LogP contribution in [0, 0.1) is 0 Å². The molecule has 4 heteroatoms. The third-order valence-electron chi connectivity index (χ3n) is 4.71. The summed E-state index contributed by atoms with van der Waals surface area (Å²) in [6, 6.07) is 12.5. The number of aryl methyl sites for hydroxylation is 1. The first-order valence-electron chi connectivity index (χ1n) is 8.26. The standard InChI is InChI=1S/C20H20N2OS/c1-21-14-18(17-6-2-3-7-19(17)21)15-8-10-22(11-9-15)20(23)13-16-5-4-12-24-16/h2-8,12,14H,9-11,13H2,1H3. The van der Waals surface area contributed by atoms with Crippen molar-refractivity contribution in [2.24, 2.45) is 7.05 Å². The maximum atomic E-state index is 12.4. The Hall–Kier alpha value is -2.33. The van der Waals surface area contributed by atoms with E-state index in [0.29, 0.717) is 13.0 Å². The van der Waals surface area contributed by atoms with E-state index in [-0.39, 0.29) is 5.91 Å². The first kappa shape index (κ1) is 15.2. The second kappa shape index (κ2) is 6.29. The molecule has 1 aliphatic rings. The number of nitrogens with zero attached hydrogens (tertiary/aromatic N) is 2. The van der Waals surface area contributed by atoms with Crippen molar-refractivity contribution in [1.29, 1.82) is 0 Å². The zero-order valence-corrected chi connectivity index (χ0v) is 14.6. The van der Waals surface area contributed by atoms with E-state index in [9.17, 15) is 4.79 Å². The molecule has 0 N–H and O–H groups in total. The highest BCUT2D eigenvalue weighted by Crippen LogP contribution is 2.30. The van der Waals surface area contributed by atoms with Gasteiger partial charge in [-0.05, 0) is 29.5 Å². The molecular formula is C20H20N2OS. The van der Waals surface area contributed by atoms with E-state index in [4.69, 9.17) is 0 Å². The molecule has 1 aliphatic heterocycles. The topological polar surface area (TPSA) is 25.2 Å². The van der Waals surface area contributed by atoms with E-state index < -0.39 is 0 Å². The van der Waals surface area contributed by atoms with Gasteiger partial charge in [0.05, 0.1) is 6.42 Å². The van der Waals surface area contributed by atoms with Crippen LogP contribution < -0.4 is 0 Å². The molecule has 0 atom stereocenters. The van der Waals surface area contributed by atoms with Crippen LogP contribution in [0.3, 0.4) is 0 Å². The maximum Gasteiger partial charge on any atom is 0.228 e. The predicted molar refractivity (Wildman–Crippen MR) is 100 cm³/mol. The number of carbonyl (C=O) groups is 1. The third-order valence-corrected chi connectivity index (χ3v) is 5.59. The summed E-state index contributed by atoms with van der Waals surface area (Å²) in [5, 5.41) is 3.32. The lowest BCUT2D eigenvalue weighted by Crippen LogP contribution is -2.35. The average molecular weight is 336 g/mol. The van der Waals surface area contributed by atoms with Gasteiger partial charge in [-0.3, -0.25) is 4.79 Å². The molecule has 0 bridgehead atoms. The van der Waals surface area contributed by atoms with Crippen LogP contribution >= 0.6 is 11.3 Å². The number of thiophene rings is 1. The number of rotatable bonds is 3. The smallest absolute Gasteiger partial charge is 0.228 e. The van der Waals surface area contributed by atoms with Crippen molar-refractivity contribution in [3.05, 3.63) is 64.5 Å². The van der Waals surface area contributed by atoms with Crippen LogP contribution in [0.1, 0.15) is 16.9 Å². The summed E-state index contributed by atoms with van der Waals surface area (Å²) in [6.07, 6.45) is 5.87. The Labute approximate surface area is 145 Å². The summed E-state index contributed by atoms with van der Waals surface area (Å²) in [4.78, 5) is 15.5. The first-order chi connectivity index (χ1) is 11.7. The van der Waals surface area contributed by atoms with E-state index >= 15 is 0 Å². The van der Waals surface area contributed by atoms with Crippen molar-refractivity contribution in [2.45, 2.75) is 12.8 Å². The minimum Gasteiger partial charge on any atom is -0.350 e. The minimum absolute atomic E-state index is 0.227. The molecule has 2 aromatic heterocycles. The lowest BCUT2D eigenvalue weighted by atomic mass is 9.99. The van der Waals surface area contributed by atoms with Gasteiger partial charge >= 0.3 is 0 Å². The van der Waals surface area contributed by atoms with Gasteiger partial charge in [-0.15, -0.1) is 11.3 Å². The Morgan fingerprint density at radius 1 is 1.21 bits per heavy atom. The van der Waals surface area contributed by atoms with Crippen LogP contribution in [0.5, 0.6) is 0 Å². The lowest BCUT2D eigenvalue weighted by molar-refractivity contribution is -0.130. The Kier molecular flexibility index (Phi) is 3.98. The van der Waals surface area contributed by atoms with Crippen molar-refractivity contribution in [1.82, 2.24) is 9.47 Å². The minimum atomic E-state index is 0.227. The summed E-state index contributed by atoms with van der Waals surface area (Å²) < 4.78 is 2.18. The zero-order chi connectivity index (χ0) is 16.5. The van der Waals surface area contributed by atoms with Gasteiger partial charge in [0, 0.05) is 47.7 Å². The van der Waals surface area contributed by atoms with Crippen molar-refractivity contribution >= 4 is 33.7 Å². The fourth-order valence-electron chi connectivity index (χ4n) is 3.41. The molecule has 4 rings (SSSR count). The highest BCUT2D eigenvalue weighted by atomic mass is 32.1. The summed E-state index contributed by atoms with van der Waals surface area (Å²) in [5.74, 6) is 0.227. The van der Waals surface area contributed by atoms with Crippen LogP contribution in [0.2, 0.25) is 0 Å². The molecule has 24 heavy (non-hydrogen) atoms. The van der Waals surface area contributed by atoms with E-state index in [1.807, 2.05) is 22.4 Å². The van der Waals surface area contributed by atoms with Crippen molar-refractivity contribution in [3.8, 4) is 0 Å². The van der Waals surface area contributed by atoms with Crippen LogP contribution in [-0.4, -0.2) is 28.5 Å². The normalized spacial score (nSPS) is 14.9. The number of para-hydroxylation sites is 1. The molecule has 0 unspecified atom stereocenters. The van der Waals surface area contributed by atoms with Gasteiger partial charge in [0.25, 0.3) is 0 Å². The van der Waals surface area contributed by atoms with Crippen molar-refractivity contribution < 1.29 is 4.79 Å². The average Bonchev–Trinajstić information content (AvgIpc) is 3.24. The van der Waals surface area contributed by atoms with Crippen molar-refractivity contribution in [2.75, 3.05) is 13.1 Å². The molecule has 0 radical (unpaired) electrons. The molecule has 0 saturated heterocycles. The molecular weight excluding hydrogens is 316 g/mol. The number of hydrogen-bond donors (Lipinski definition) is 0. The van der Waals surface area contributed by atoms with E-state index in [1.165, 1.54) is 22.0 Å². The number of hydrogen-bond acceptors (Lipinski definition) is 2. The van der Waals surface area contributed by atoms with Gasteiger partial charge in [-0.2, -0.15) is 0 Å². The predicted octanol–water partition coefficient (Wildman–Crippen LogP) is 4.10. The van der Waals surface area contributed by atoms with Crippen LogP contribution in [-0.2, 0) is 18.3 Å². The number of amides is 1. The maximum absolute atomic E-state index is 12.4. The lowest BCUT2D eigenvalue weighted by Gasteiger charge is -2.26. The number of aromatic nitrogens is 1. The molecule has 1 amide bonds. The largest absolute Gasteiger partial charge is 0.350 e. The molecule has 1 aromatic carbocycles. The molecule has 3 aromatic rings. The Morgan fingerprint density at radius 2 is 2.08 bits per heavy atom. The van der Waals surface area contributed by atoms with Crippen molar-refractivity contribution in [3.63, 3.8) is 0 Å². The number of fused-ring (bicyclic) bond motifs is 1. The Morgan fingerprint density at radius 3 is 2.83 bits per heavy atom. The van der Waals surface area contributed by atoms with E-state index in [2.05, 4.69) is 48.2 Å². The highest BCUT2D eigenvalue weighted by molar-refractivity contribution is 7.10. The third kappa shape index (κ3) is 2.78. The second-order valence-electron chi connectivity index (χ2n) is 6.25. The fraction of sp³-hybridized carbons (Fsp3) is 0.250. The fourth-order valence-corrected chi connectivity index (χ4v) is 4.11. The monoisotopic (exact) mass is 336 g/mol. The molecule has 0 saturated carbocycles. The quantitative estimate of drug-likeness (QED) is 0.707. The van der Waals surface area contributed by atoms with E-state index in [0.717, 1.165) is 17.8 Å². The summed E-state index contributed by atoms with van der Waals surface area (Å²) in [5.41, 5.74) is 3.91. The second-order valence-corrected chi connectivity index (χ2v) is 7.28. The van der Waals surface area contributed by atoms with Gasteiger partial charge < -0.3 is 9.47 Å². The van der Waals surface area contributed by atoms with Gasteiger partial charge in [0.1, 0.15) is 0 Å². The van der Waals surface area contributed by atoms with Gasteiger partial charge in [-0.1, -0.05) is 30.3 Å². The van der Waals surface area contributed by atoms with Crippen LogP contribution in [0.25, 0.3) is 16.5 Å². The number of carbonyl (C=O) groups excluding carboxylic acids is 1. The molecule has 122 valence electrons. The summed E-state index contributed by atoms with van der Waals surface area (Å²) >= 11 is 1.65. The van der Waals surface area contributed by atoms with Gasteiger partial charge in [0.2, 0.25) is 5.91 Å². The Balaban J connectivity index is 1.53. The highest BCUT2D eigenvalue weighted by Gasteiger charge is 2.20. The molecule has 3 nitrogen and oxygen atoms in total. The molecule has 3 heterocycles. The molecule has 0 aliphatic carbocycles.